The summed E-state index contributed by atoms with van der Waals surface area (Å²) in [6, 6.07) is 1.99. The Bertz CT molecular complexity index is 681. The van der Waals surface area contributed by atoms with Crippen LogP contribution in [0.2, 0.25) is 0 Å². The molecule has 9 heteroatoms. The van der Waals surface area contributed by atoms with Crippen molar-refractivity contribution in [1.82, 2.24) is 24.9 Å². The number of rotatable bonds is 4. The van der Waals surface area contributed by atoms with Crippen molar-refractivity contribution >= 4 is 28.3 Å². The summed E-state index contributed by atoms with van der Waals surface area (Å²) >= 11 is 1.25. The molecule has 22 heavy (non-hydrogen) atoms. The predicted molar refractivity (Wildman–Crippen MR) is 80.2 cm³/mol. The molecular formula is C13H16N6O2S. The van der Waals surface area contributed by atoms with E-state index >= 15 is 0 Å². The van der Waals surface area contributed by atoms with Gasteiger partial charge in [-0.1, -0.05) is 11.3 Å². The van der Waals surface area contributed by atoms with Crippen LogP contribution in [0, 0.1) is 6.92 Å². The summed E-state index contributed by atoms with van der Waals surface area (Å²) in [7, 11) is 0. The van der Waals surface area contributed by atoms with Gasteiger partial charge < -0.3 is 10.2 Å². The third-order valence-electron chi connectivity index (χ3n) is 3.45. The van der Waals surface area contributed by atoms with Crippen molar-refractivity contribution < 1.29 is 9.59 Å². The summed E-state index contributed by atoms with van der Waals surface area (Å²) in [5, 5.41) is 14.8. The molecule has 0 fully saturated rings. The van der Waals surface area contributed by atoms with E-state index in [4.69, 9.17) is 0 Å². The first-order chi connectivity index (χ1) is 10.6. The first-order valence-electron chi connectivity index (χ1n) is 6.99. The smallest absolute Gasteiger partial charge is 0.226 e. The highest BCUT2D eigenvalue weighted by Crippen LogP contribution is 2.15. The minimum absolute atomic E-state index is 0.0162. The van der Waals surface area contributed by atoms with Crippen LogP contribution < -0.4 is 5.32 Å². The lowest BCUT2D eigenvalue weighted by molar-refractivity contribution is -0.134. The molecule has 0 aromatic carbocycles. The zero-order valence-electron chi connectivity index (χ0n) is 12.2. The van der Waals surface area contributed by atoms with Crippen molar-refractivity contribution in [3.63, 3.8) is 0 Å². The molecule has 0 aliphatic carbocycles. The summed E-state index contributed by atoms with van der Waals surface area (Å²) in [6.45, 7) is 3.82. The van der Waals surface area contributed by atoms with Gasteiger partial charge in [0.15, 0.2) is 0 Å². The van der Waals surface area contributed by atoms with Crippen LogP contribution in [0.1, 0.15) is 24.2 Å². The van der Waals surface area contributed by atoms with Gasteiger partial charge in [-0.05, 0) is 13.0 Å². The van der Waals surface area contributed by atoms with Crippen molar-refractivity contribution in [3.8, 4) is 0 Å². The molecular weight excluding hydrogens is 304 g/mol. The van der Waals surface area contributed by atoms with E-state index in [1.807, 2.05) is 17.7 Å². The molecule has 8 nitrogen and oxygen atoms in total. The van der Waals surface area contributed by atoms with Gasteiger partial charge in [0.2, 0.25) is 16.9 Å². The van der Waals surface area contributed by atoms with Gasteiger partial charge in [-0.25, -0.2) is 0 Å². The van der Waals surface area contributed by atoms with Crippen LogP contribution >= 0.6 is 11.3 Å². The summed E-state index contributed by atoms with van der Waals surface area (Å²) in [5.41, 5.74) is 3.54. The van der Waals surface area contributed by atoms with Crippen molar-refractivity contribution in [2.24, 2.45) is 0 Å². The molecule has 0 atom stereocenters. The molecule has 2 amide bonds. The standard InChI is InChI=1S/C13H16N6O2S/c1-9-6-10-7-18(4-5-19(10)17-9)12(21)3-2-11(20)15-13-16-14-8-22-13/h6,8H,2-5,7H2,1H3,(H,15,16,20). The normalized spacial score (nSPS) is 13.8. The molecule has 0 radical (unpaired) electrons. The second-order valence-electron chi connectivity index (χ2n) is 5.11. The maximum atomic E-state index is 12.2. The number of hydrogen-bond donors (Lipinski definition) is 1. The van der Waals surface area contributed by atoms with Gasteiger partial charge in [-0.3, -0.25) is 14.3 Å². The lowest BCUT2D eigenvalue weighted by Crippen LogP contribution is -2.38. The maximum absolute atomic E-state index is 12.2. The van der Waals surface area contributed by atoms with Gasteiger partial charge in [0.25, 0.3) is 0 Å². The van der Waals surface area contributed by atoms with Crippen LogP contribution in [0.15, 0.2) is 11.6 Å². The third kappa shape index (κ3) is 3.30. The Hall–Kier alpha value is -2.29. The van der Waals surface area contributed by atoms with Crippen molar-refractivity contribution in [2.45, 2.75) is 32.9 Å². The molecule has 0 saturated heterocycles. The fourth-order valence-corrected chi connectivity index (χ4v) is 2.87. The molecule has 1 N–H and O–H groups in total. The van der Waals surface area contributed by atoms with Crippen LogP contribution in [-0.2, 0) is 22.7 Å². The van der Waals surface area contributed by atoms with E-state index in [-0.39, 0.29) is 24.7 Å². The van der Waals surface area contributed by atoms with E-state index in [1.54, 1.807) is 10.4 Å². The van der Waals surface area contributed by atoms with Crippen molar-refractivity contribution in [3.05, 3.63) is 23.0 Å². The van der Waals surface area contributed by atoms with Gasteiger partial charge >= 0.3 is 0 Å². The van der Waals surface area contributed by atoms with Gasteiger partial charge in [-0.2, -0.15) is 5.10 Å². The number of carbonyl (C=O) groups is 2. The second-order valence-corrected chi connectivity index (χ2v) is 5.94. The highest BCUT2D eigenvalue weighted by molar-refractivity contribution is 7.13. The molecule has 0 saturated carbocycles. The number of aryl methyl sites for hydroxylation is 1. The SMILES string of the molecule is Cc1cc2n(n1)CCN(C(=O)CCC(=O)Nc1nncs1)C2. The van der Waals surface area contributed by atoms with Gasteiger partial charge in [0.1, 0.15) is 5.51 Å². The summed E-state index contributed by atoms with van der Waals surface area (Å²) < 4.78 is 1.93. The molecule has 0 bridgehead atoms. The minimum atomic E-state index is -0.219. The molecule has 2 aromatic rings. The summed E-state index contributed by atoms with van der Waals surface area (Å²) in [4.78, 5) is 25.7. The number of hydrogen-bond acceptors (Lipinski definition) is 6. The fourth-order valence-electron chi connectivity index (χ4n) is 2.41. The fraction of sp³-hybridized carbons (Fsp3) is 0.462. The third-order valence-corrected chi connectivity index (χ3v) is 4.05. The van der Waals surface area contributed by atoms with E-state index in [2.05, 4.69) is 20.6 Å². The van der Waals surface area contributed by atoms with E-state index in [1.165, 1.54) is 11.3 Å². The van der Waals surface area contributed by atoms with E-state index in [0.29, 0.717) is 24.8 Å². The minimum Gasteiger partial charge on any atom is -0.335 e. The van der Waals surface area contributed by atoms with Crippen LogP contribution in [-0.4, -0.2) is 43.2 Å². The highest BCUT2D eigenvalue weighted by atomic mass is 32.1. The van der Waals surface area contributed by atoms with E-state index in [9.17, 15) is 9.59 Å². The number of aromatic nitrogens is 4. The lowest BCUT2D eigenvalue weighted by atomic mass is 10.2. The average molecular weight is 320 g/mol. The number of amides is 2. The Balaban J connectivity index is 1.49. The Labute approximate surface area is 131 Å². The monoisotopic (exact) mass is 320 g/mol. The number of fused-ring (bicyclic) bond motifs is 1. The first kappa shape index (κ1) is 14.6. The molecule has 2 aromatic heterocycles. The summed E-state index contributed by atoms with van der Waals surface area (Å²) in [6.07, 6.45) is 0.338. The maximum Gasteiger partial charge on any atom is 0.226 e. The van der Waals surface area contributed by atoms with Crippen LogP contribution in [0.5, 0.6) is 0 Å². The highest BCUT2D eigenvalue weighted by Gasteiger charge is 2.22. The largest absolute Gasteiger partial charge is 0.335 e. The molecule has 1 aliphatic heterocycles. The van der Waals surface area contributed by atoms with Crippen LogP contribution in [0.3, 0.4) is 0 Å². The number of nitrogens with one attached hydrogen (secondary N) is 1. The topological polar surface area (TPSA) is 93.0 Å². The molecule has 116 valence electrons. The molecule has 0 spiro atoms. The molecule has 3 rings (SSSR count). The first-order valence-corrected chi connectivity index (χ1v) is 7.87. The van der Waals surface area contributed by atoms with Gasteiger partial charge in [0.05, 0.1) is 24.5 Å². The Kier molecular flexibility index (Phi) is 4.14. The van der Waals surface area contributed by atoms with E-state index in [0.717, 1.165) is 11.4 Å². The number of anilines is 1. The van der Waals surface area contributed by atoms with Crippen molar-refractivity contribution in [2.75, 3.05) is 11.9 Å². The Morgan fingerprint density at radius 3 is 3.00 bits per heavy atom. The number of carbonyl (C=O) groups excluding carboxylic acids is 2. The zero-order chi connectivity index (χ0) is 15.5. The molecule has 0 unspecified atom stereocenters. The molecule has 3 heterocycles. The Morgan fingerprint density at radius 1 is 1.36 bits per heavy atom. The van der Waals surface area contributed by atoms with Crippen molar-refractivity contribution in [1.29, 1.82) is 0 Å². The van der Waals surface area contributed by atoms with E-state index < -0.39 is 0 Å². The molecule has 1 aliphatic rings. The van der Waals surface area contributed by atoms with Gasteiger partial charge in [-0.15, -0.1) is 10.2 Å². The van der Waals surface area contributed by atoms with Crippen LogP contribution in [0.25, 0.3) is 0 Å². The quantitative estimate of drug-likeness (QED) is 0.899. The van der Waals surface area contributed by atoms with Crippen LogP contribution in [0.4, 0.5) is 5.13 Å². The zero-order valence-corrected chi connectivity index (χ0v) is 13.0. The lowest BCUT2D eigenvalue weighted by Gasteiger charge is -2.27. The predicted octanol–water partition coefficient (Wildman–Crippen LogP) is 0.804. The summed E-state index contributed by atoms with van der Waals surface area (Å²) in [5.74, 6) is -0.236. The number of nitrogens with zero attached hydrogens (tertiary/aromatic N) is 5. The Morgan fingerprint density at radius 2 is 2.23 bits per heavy atom. The second kappa shape index (κ2) is 6.22. The van der Waals surface area contributed by atoms with Gasteiger partial charge in [0, 0.05) is 19.4 Å². The average Bonchev–Trinajstić information content (AvgIpc) is 3.12.